The zero-order valence-electron chi connectivity index (χ0n) is 11.7. The van der Waals surface area contributed by atoms with Crippen molar-refractivity contribution in [1.82, 2.24) is 0 Å². The quantitative estimate of drug-likeness (QED) is 0.874. The molecule has 2 heterocycles. The van der Waals surface area contributed by atoms with Crippen molar-refractivity contribution in [3.63, 3.8) is 0 Å². The first-order chi connectivity index (χ1) is 11.0. The molecule has 2 aromatic carbocycles. The third kappa shape index (κ3) is 1.83. The highest BCUT2D eigenvalue weighted by Gasteiger charge is 2.58. The average Bonchev–Trinajstić information content (AvgIpc) is 3.02. The number of halogens is 2. The second kappa shape index (κ2) is 4.79. The SMILES string of the molecule is O=C1CSC2(C(=O)Nc3ccccc32)N1c1ccc(F)c(F)c1. The lowest BCUT2D eigenvalue weighted by Crippen LogP contribution is -2.47. The largest absolute Gasteiger partial charge is 0.323 e. The van der Waals surface area contributed by atoms with Gasteiger partial charge in [-0.15, -0.1) is 11.8 Å². The number of fused-ring (bicyclic) bond motifs is 2. The summed E-state index contributed by atoms with van der Waals surface area (Å²) in [6.07, 6.45) is 0. The van der Waals surface area contributed by atoms with Crippen molar-refractivity contribution in [1.29, 1.82) is 0 Å². The molecule has 0 radical (unpaired) electrons. The van der Waals surface area contributed by atoms with E-state index in [2.05, 4.69) is 5.32 Å². The molecule has 1 saturated heterocycles. The summed E-state index contributed by atoms with van der Waals surface area (Å²) in [6.45, 7) is 0. The van der Waals surface area contributed by atoms with Gasteiger partial charge in [0, 0.05) is 23.0 Å². The van der Waals surface area contributed by atoms with Crippen LogP contribution in [0, 0.1) is 11.6 Å². The molecule has 2 aromatic rings. The topological polar surface area (TPSA) is 49.4 Å². The Hall–Kier alpha value is -2.41. The molecule has 4 rings (SSSR count). The van der Waals surface area contributed by atoms with Crippen LogP contribution in [0.4, 0.5) is 20.2 Å². The van der Waals surface area contributed by atoms with Crippen molar-refractivity contribution in [2.75, 3.05) is 16.0 Å². The second-order valence-electron chi connectivity index (χ2n) is 5.26. The van der Waals surface area contributed by atoms with Gasteiger partial charge in [-0.1, -0.05) is 18.2 Å². The number of hydrogen-bond acceptors (Lipinski definition) is 3. The van der Waals surface area contributed by atoms with Crippen LogP contribution in [-0.4, -0.2) is 17.6 Å². The fraction of sp³-hybridized carbons (Fsp3) is 0.125. The van der Waals surface area contributed by atoms with E-state index in [4.69, 9.17) is 0 Å². The maximum Gasteiger partial charge on any atom is 0.266 e. The van der Waals surface area contributed by atoms with Crippen LogP contribution in [0.5, 0.6) is 0 Å². The van der Waals surface area contributed by atoms with Crippen LogP contribution in [0.2, 0.25) is 0 Å². The van der Waals surface area contributed by atoms with Gasteiger partial charge in [-0.05, 0) is 18.2 Å². The Morgan fingerprint density at radius 1 is 1.09 bits per heavy atom. The molecular formula is C16H10F2N2O2S. The lowest BCUT2D eigenvalue weighted by atomic mass is 10.0. The van der Waals surface area contributed by atoms with Crippen molar-refractivity contribution < 1.29 is 18.4 Å². The molecule has 0 aromatic heterocycles. The molecule has 1 fully saturated rings. The Balaban J connectivity index is 1.93. The van der Waals surface area contributed by atoms with Gasteiger partial charge in [0.05, 0.1) is 5.75 Å². The molecule has 7 heteroatoms. The molecule has 0 aliphatic carbocycles. The van der Waals surface area contributed by atoms with Crippen molar-refractivity contribution >= 4 is 35.0 Å². The van der Waals surface area contributed by atoms with Gasteiger partial charge in [-0.2, -0.15) is 0 Å². The minimum atomic E-state index is -1.28. The maximum absolute atomic E-state index is 13.6. The Morgan fingerprint density at radius 3 is 2.65 bits per heavy atom. The lowest BCUT2D eigenvalue weighted by molar-refractivity contribution is -0.122. The van der Waals surface area contributed by atoms with Gasteiger partial charge < -0.3 is 5.32 Å². The summed E-state index contributed by atoms with van der Waals surface area (Å²) in [5, 5.41) is 2.75. The zero-order chi connectivity index (χ0) is 16.2. The van der Waals surface area contributed by atoms with E-state index < -0.39 is 16.5 Å². The van der Waals surface area contributed by atoms with Crippen molar-refractivity contribution in [3.8, 4) is 0 Å². The number of carbonyl (C=O) groups is 2. The summed E-state index contributed by atoms with van der Waals surface area (Å²) in [7, 11) is 0. The van der Waals surface area contributed by atoms with Crippen LogP contribution in [0.25, 0.3) is 0 Å². The summed E-state index contributed by atoms with van der Waals surface area (Å²) >= 11 is 1.17. The highest BCUT2D eigenvalue weighted by Crippen LogP contribution is 2.53. The van der Waals surface area contributed by atoms with E-state index in [0.29, 0.717) is 11.3 Å². The second-order valence-corrected chi connectivity index (χ2v) is 6.43. The van der Waals surface area contributed by atoms with Gasteiger partial charge in [-0.3, -0.25) is 14.5 Å². The summed E-state index contributed by atoms with van der Waals surface area (Å²) in [5.74, 6) is -2.67. The predicted octanol–water partition coefficient (Wildman–Crippen LogP) is 2.85. The molecule has 2 aliphatic heterocycles. The minimum absolute atomic E-state index is 0.0841. The van der Waals surface area contributed by atoms with Crippen molar-refractivity contribution in [2.24, 2.45) is 0 Å². The number of thioether (sulfide) groups is 1. The van der Waals surface area contributed by atoms with Crippen molar-refractivity contribution in [3.05, 3.63) is 59.7 Å². The van der Waals surface area contributed by atoms with Crippen LogP contribution >= 0.6 is 11.8 Å². The van der Waals surface area contributed by atoms with Gasteiger partial charge in [0.25, 0.3) is 5.91 Å². The van der Waals surface area contributed by atoms with Crippen LogP contribution in [0.15, 0.2) is 42.5 Å². The number of rotatable bonds is 1. The van der Waals surface area contributed by atoms with E-state index in [9.17, 15) is 18.4 Å². The number of benzene rings is 2. The third-order valence-electron chi connectivity index (χ3n) is 3.98. The van der Waals surface area contributed by atoms with Crippen LogP contribution < -0.4 is 10.2 Å². The molecule has 1 spiro atoms. The first-order valence-corrected chi connectivity index (χ1v) is 7.85. The highest BCUT2D eigenvalue weighted by atomic mass is 32.2. The first-order valence-electron chi connectivity index (χ1n) is 6.87. The standard InChI is InChI=1S/C16H10F2N2O2S/c17-11-6-5-9(7-12(11)18)20-14(21)8-23-16(20)10-3-1-2-4-13(10)19-15(16)22/h1-7H,8H2,(H,19,22). The van der Waals surface area contributed by atoms with E-state index >= 15 is 0 Å². The van der Waals surface area contributed by atoms with E-state index in [-0.39, 0.29) is 23.3 Å². The first kappa shape index (κ1) is 14.2. The zero-order valence-corrected chi connectivity index (χ0v) is 12.5. The molecule has 1 N–H and O–H groups in total. The van der Waals surface area contributed by atoms with E-state index in [1.165, 1.54) is 22.7 Å². The summed E-state index contributed by atoms with van der Waals surface area (Å²) in [5.41, 5.74) is 1.42. The van der Waals surface area contributed by atoms with E-state index in [1.807, 2.05) is 0 Å². The van der Waals surface area contributed by atoms with Crippen LogP contribution in [0.3, 0.4) is 0 Å². The van der Waals surface area contributed by atoms with Gasteiger partial charge in [0.15, 0.2) is 11.6 Å². The lowest BCUT2D eigenvalue weighted by Gasteiger charge is -2.32. The Morgan fingerprint density at radius 2 is 1.87 bits per heavy atom. The fourth-order valence-electron chi connectivity index (χ4n) is 3.00. The average molecular weight is 332 g/mol. The molecule has 0 bridgehead atoms. The predicted molar refractivity (Wildman–Crippen MR) is 83.1 cm³/mol. The Bertz CT molecular complexity index is 858. The molecule has 1 atom stereocenters. The minimum Gasteiger partial charge on any atom is -0.323 e. The normalized spacial score (nSPS) is 22.6. The smallest absolute Gasteiger partial charge is 0.266 e. The molecule has 2 aliphatic rings. The van der Waals surface area contributed by atoms with E-state index in [0.717, 1.165) is 12.1 Å². The number of carbonyl (C=O) groups excluding carboxylic acids is 2. The molecule has 116 valence electrons. The highest BCUT2D eigenvalue weighted by molar-refractivity contribution is 8.02. The number of anilines is 2. The molecule has 4 nitrogen and oxygen atoms in total. The summed E-state index contributed by atoms with van der Waals surface area (Å²) in [6, 6.07) is 10.2. The number of amides is 2. The van der Waals surface area contributed by atoms with Gasteiger partial charge >= 0.3 is 0 Å². The number of para-hydroxylation sites is 1. The van der Waals surface area contributed by atoms with E-state index in [1.54, 1.807) is 24.3 Å². The molecule has 1 unspecified atom stereocenters. The Kier molecular flexibility index (Phi) is 2.96. The molecular weight excluding hydrogens is 322 g/mol. The van der Waals surface area contributed by atoms with Crippen LogP contribution in [0.1, 0.15) is 5.56 Å². The Labute approximate surface area is 134 Å². The molecule has 2 amide bonds. The molecule has 23 heavy (non-hydrogen) atoms. The van der Waals surface area contributed by atoms with Gasteiger partial charge in [0.2, 0.25) is 10.8 Å². The van der Waals surface area contributed by atoms with Gasteiger partial charge in [0.1, 0.15) is 0 Å². The fourth-order valence-corrected chi connectivity index (χ4v) is 4.32. The third-order valence-corrected chi connectivity index (χ3v) is 5.38. The molecule has 0 saturated carbocycles. The van der Waals surface area contributed by atoms with Crippen molar-refractivity contribution in [2.45, 2.75) is 4.87 Å². The monoisotopic (exact) mass is 332 g/mol. The number of hydrogen-bond donors (Lipinski definition) is 1. The number of nitrogens with zero attached hydrogens (tertiary/aromatic N) is 1. The summed E-state index contributed by atoms with van der Waals surface area (Å²) < 4.78 is 26.8. The summed E-state index contributed by atoms with van der Waals surface area (Å²) in [4.78, 5) is 25.0. The van der Waals surface area contributed by atoms with Gasteiger partial charge in [-0.25, -0.2) is 8.78 Å². The maximum atomic E-state index is 13.6. The van der Waals surface area contributed by atoms with Crippen LogP contribution in [-0.2, 0) is 14.5 Å². The number of nitrogens with one attached hydrogen (secondary N) is 1.